The van der Waals surface area contributed by atoms with Gasteiger partial charge in [0.1, 0.15) is 0 Å². The zero-order valence-corrected chi connectivity index (χ0v) is 9.79. The number of hydrogen-bond acceptors (Lipinski definition) is 3. The van der Waals surface area contributed by atoms with Crippen molar-refractivity contribution in [3.8, 4) is 0 Å². The zero-order chi connectivity index (χ0) is 10.8. The van der Waals surface area contributed by atoms with Crippen molar-refractivity contribution in [3.05, 3.63) is 17.5 Å². The van der Waals surface area contributed by atoms with E-state index in [4.69, 9.17) is 4.52 Å². The molecule has 15 heavy (non-hydrogen) atoms. The molecule has 0 amide bonds. The van der Waals surface area contributed by atoms with Gasteiger partial charge in [-0.25, -0.2) is 0 Å². The summed E-state index contributed by atoms with van der Waals surface area (Å²) >= 11 is 0. The van der Waals surface area contributed by atoms with E-state index in [1.165, 1.54) is 12.8 Å². The highest BCUT2D eigenvalue weighted by Crippen LogP contribution is 2.32. The van der Waals surface area contributed by atoms with Crippen LogP contribution in [0.1, 0.15) is 51.0 Å². The van der Waals surface area contributed by atoms with Crippen molar-refractivity contribution in [3.63, 3.8) is 0 Å². The second-order valence-corrected chi connectivity index (χ2v) is 4.88. The van der Waals surface area contributed by atoms with Crippen molar-refractivity contribution in [1.82, 2.24) is 10.5 Å². The molecular weight excluding hydrogens is 188 g/mol. The summed E-state index contributed by atoms with van der Waals surface area (Å²) in [4.78, 5) is 0. The lowest BCUT2D eigenvalue weighted by molar-refractivity contribution is 0.354. The number of aromatic nitrogens is 1. The van der Waals surface area contributed by atoms with Crippen molar-refractivity contribution < 1.29 is 4.52 Å². The fraction of sp³-hybridized carbons (Fsp3) is 0.750. The molecule has 0 spiro atoms. The van der Waals surface area contributed by atoms with Gasteiger partial charge < -0.3 is 9.84 Å². The first-order chi connectivity index (χ1) is 7.16. The Bertz CT molecular complexity index is 315. The Kier molecular flexibility index (Phi) is 3.10. The molecule has 1 aliphatic rings. The van der Waals surface area contributed by atoms with Gasteiger partial charge in [0.05, 0.1) is 12.2 Å². The fourth-order valence-electron chi connectivity index (χ4n) is 1.71. The van der Waals surface area contributed by atoms with Crippen LogP contribution in [0.25, 0.3) is 0 Å². The van der Waals surface area contributed by atoms with Gasteiger partial charge in [0.25, 0.3) is 0 Å². The number of hydrogen-bond donors (Lipinski definition) is 1. The first-order valence-electron chi connectivity index (χ1n) is 5.85. The maximum absolute atomic E-state index is 5.26. The lowest BCUT2D eigenvalue weighted by Crippen LogP contribution is -2.26. The van der Waals surface area contributed by atoms with E-state index in [9.17, 15) is 0 Å². The van der Waals surface area contributed by atoms with Gasteiger partial charge in [-0.1, -0.05) is 19.0 Å². The van der Waals surface area contributed by atoms with Crippen LogP contribution in [0.15, 0.2) is 10.6 Å². The Morgan fingerprint density at radius 3 is 2.73 bits per heavy atom. The van der Waals surface area contributed by atoms with Gasteiger partial charge in [-0.15, -0.1) is 0 Å². The summed E-state index contributed by atoms with van der Waals surface area (Å²) in [5.74, 6) is 2.28. The van der Waals surface area contributed by atoms with E-state index in [0.29, 0.717) is 12.0 Å². The molecule has 84 valence electrons. The summed E-state index contributed by atoms with van der Waals surface area (Å²) in [6, 6.07) is 2.66. The molecule has 1 aliphatic carbocycles. The first-order valence-corrected chi connectivity index (χ1v) is 5.85. The number of nitrogens with one attached hydrogen (secondary N) is 1. The molecule has 1 N–H and O–H groups in total. The van der Waals surface area contributed by atoms with E-state index in [1.807, 2.05) is 0 Å². The fourth-order valence-corrected chi connectivity index (χ4v) is 1.71. The standard InChI is InChI=1S/C12H20N2O/c1-8(2)12-6-11(15-14-12)7-13-9(3)10-4-5-10/h6,8-10,13H,4-5,7H2,1-3H3. The van der Waals surface area contributed by atoms with Crippen LogP contribution in [0.3, 0.4) is 0 Å². The molecule has 0 bridgehead atoms. The predicted octanol–water partition coefficient (Wildman–Crippen LogP) is 2.69. The lowest BCUT2D eigenvalue weighted by atomic mass is 10.1. The van der Waals surface area contributed by atoms with Gasteiger partial charge in [0.2, 0.25) is 0 Å². The third-order valence-electron chi connectivity index (χ3n) is 3.10. The van der Waals surface area contributed by atoms with E-state index in [-0.39, 0.29) is 0 Å². The highest BCUT2D eigenvalue weighted by atomic mass is 16.5. The van der Waals surface area contributed by atoms with E-state index in [0.717, 1.165) is 23.9 Å². The lowest BCUT2D eigenvalue weighted by Gasteiger charge is -2.10. The summed E-state index contributed by atoms with van der Waals surface area (Å²) in [5, 5.41) is 7.52. The van der Waals surface area contributed by atoms with E-state index in [1.54, 1.807) is 0 Å². The van der Waals surface area contributed by atoms with Crippen LogP contribution in [-0.2, 0) is 6.54 Å². The maximum atomic E-state index is 5.26. The third kappa shape index (κ3) is 2.81. The molecule has 0 saturated heterocycles. The summed E-state index contributed by atoms with van der Waals surface area (Å²) < 4.78 is 5.26. The van der Waals surface area contributed by atoms with Crippen LogP contribution >= 0.6 is 0 Å². The zero-order valence-electron chi connectivity index (χ0n) is 9.79. The van der Waals surface area contributed by atoms with Crippen LogP contribution < -0.4 is 5.32 Å². The predicted molar refractivity (Wildman–Crippen MR) is 59.6 cm³/mol. The smallest absolute Gasteiger partial charge is 0.150 e. The van der Waals surface area contributed by atoms with Crippen LogP contribution in [0.4, 0.5) is 0 Å². The number of rotatable bonds is 5. The minimum absolute atomic E-state index is 0.448. The molecular formula is C12H20N2O. The van der Waals surface area contributed by atoms with Crippen molar-refractivity contribution in [1.29, 1.82) is 0 Å². The third-order valence-corrected chi connectivity index (χ3v) is 3.10. The molecule has 3 heteroatoms. The Balaban J connectivity index is 1.82. The van der Waals surface area contributed by atoms with Crippen LogP contribution in [0.5, 0.6) is 0 Å². The molecule has 1 aromatic rings. The largest absolute Gasteiger partial charge is 0.360 e. The average Bonchev–Trinajstić information content (AvgIpc) is 2.93. The van der Waals surface area contributed by atoms with Gasteiger partial charge in [0, 0.05) is 12.1 Å². The Morgan fingerprint density at radius 2 is 2.20 bits per heavy atom. The van der Waals surface area contributed by atoms with Crippen molar-refractivity contribution in [2.75, 3.05) is 0 Å². The SMILES string of the molecule is CC(C)c1cc(CNC(C)C2CC2)on1. The minimum atomic E-state index is 0.448. The molecule has 1 heterocycles. The molecule has 3 nitrogen and oxygen atoms in total. The molecule has 1 unspecified atom stereocenters. The molecule has 0 radical (unpaired) electrons. The van der Waals surface area contributed by atoms with E-state index < -0.39 is 0 Å². The quantitative estimate of drug-likeness (QED) is 0.808. The van der Waals surface area contributed by atoms with Crippen LogP contribution in [0, 0.1) is 5.92 Å². The molecule has 2 rings (SSSR count). The molecule has 1 saturated carbocycles. The van der Waals surface area contributed by atoms with Gasteiger partial charge in [-0.3, -0.25) is 0 Å². The highest BCUT2D eigenvalue weighted by Gasteiger charge is 2.27. The van der Waals surface area contributed by atoms with Crippen LogP contribution in [-0.4, -0.2) is 11.2 Å². The van der Waals surface area contributed by atoms with Gasteiger partial charge >= 0.3 is 0 Å². The minimum Gasteiger partial charge on any atom is -0.360 e. The molecule has 1 fully saturated rings. The Labute approximate surface area is 91.2 Å². The summed E-state index contributed by atoms with van der Waals surface area (Å²) in [6.45, 7) is 7.30. The summed E-state index contributed by atoms with van der Waals surface area (Å²) in [5.41, 5.74) is 1.05. The Morgan fingerprint density at radius 1 is 1.47 bits per heavy atom. The average molecular weight is 208 g/mol. The van der Waals surface area contributed by atoms with Gasteiger partial charge in [-0.2, -0.15) is 0 Å². The van der Waals surface area contributed by atoms with Crippen molar-refractivity contribution >= 4 is 0 Å². The van der Waals surface area contributed by atoms with Gasteiger partial charge in [0.15, 0.2) is 5.76 Å². The number of nitrogens with zero attached hydrogens (tertiary/aromatic N) is 1. The topological polar surface area (TPSA) is 38.1 Å². The Hall–Kier alpha value is -0.830. The monoisotopic (exact) mass is 208 g/mol. The van der Waals surface area contributed by atoms with Gasteiger partial charge in [-0.05, 0) is 31.6 Å². The normalized spacial score (nSPS) is 18.4. The molecule has 0 aliphatic heterocycles. The second-order valence-electron chi connectivity index (χ2n) is 4.88. The molecule has 0 aromatic carbocycles. The van der Waals surface area contributed by atoms with Crippen molar-refractivity contribution in [2.24, 2.45) is 5.92 Å². The summed E-state index contributed by atoms with van der Waals surface area (Å²) in [6.07, 6.45) is 2.75. The van der Waals surface area contributed by atoms with Crippen molar-refractivity contribution in [2.45, 2.75) is 52.1 Å². The second kappa shape index (κ2) is 4.35. The maximum Gasteiger partial charge on any atom is 0.150 e. The summed E-state index contributed by atoms with van der Waals surface area (Å²) in [7, 11) is 0. The first kappa shape index (κ1) is 10.7. The van der Waals surface area contributed by atoms with Crippen LogP contribution in [0.2, 0.25) is 0 Å². The van der Waals surface area contributed by atoms with E-state index in [2.05, 4.69) is 37.3 Å². The van der Waals surface area contributed by atoms with E-state index >= 15 is 0 Å². The highest BCUT2D eigenvalue weighted by molar-refractivity contribution is 5.08. The molecule has 1 atom stereocenters. The molecule has 1 aromatic heterocycles.